The van der Waals surface area contributed by atoms with Crippen LogP contribution in [0, 0.1) is 0 Å². The molecule has 1 atom stereocenters. The molecule has 1 aromatic carbocycles. The largest absolute Gasteiger partial charge is 0.387 e. The van der Waals surface area contributed by atoms with E-state index in [-0.39, 0.29) is 0 Å². The molecule has 2 rings (SSSR count). The Morgan fingerprint density at radius 2 is 1.92 bits per heavy atom. The fraction of sp³-hybridized carbons (Fsp3) is 0.333. The molecule has 0 bridgehead atoms. The van der Waals surface area contributed by atoms with Crippen LogP contribution >= 0.6 is 0 Å². The van der Waals surface area contributed by atoms with Crippen LogP contribution in [0.25, 0.3) is 0 Å². The van der Waals surface area contributed by atoms with Crippen LogP contribution in [0.4, 0.5) is 0 Å². The quantitative estimate of drug-likeness (QED) is 0.465. The van der Waals surface area contributed by atoms with Crippen LogP contribution in [0.15, 0.2) is 24.3 Å². The third kappa shape index (κ3) is 0.876. The van der Waals surface area contributed by atoms with E-state index in [4.69, 9.17) is 0 Å². The average Bonchev–Trinajstić information content (AvgIpc) is 2.25. The maximum atomic E-state index is 9.42. The maximum absolute atomic E-state index is 9.42. The van der Waals surface area contributed by atoms with Gasteiger partial charge in [0.15, 0.2) is 0 Å². The zero-order valence-corrected chi connectivity index (χ0v) is 6.44. The van der Waals surface area contributed by atoms with Crippen molar-refractivity contribution in [2.24, 2.45) is 0 Å². The molecule has 64 valence electrons. The van der Waals surface area contributed by atoms with Crippen LogP contribution < -0.4 is 0 Å². The molecule has 0 fully saturated rings. The number of rotatable bonds is 0. The second kappa shape index (κ2) is 2.29. The molecule has 1 unspecified atom stereocenters. The summed E-state index contributed by atoms with van der Waals surface area (Å²) in [6.45, 7) is 0. The van der Waals surface area contributed by atoms with Crippen molar-refractivity contribution in [2.75, 3.05) is 0 Å². The summed E-state index contributed by atoms with van der Waals surface area (Å²) in [6.07, 6.45) is -0.793. The van der Waals surface area contributed by atoms with Crippen molar-refractivity contribution in [2.45, 2.75) is 18.3 Å². The molecule has 0 saturated carbocycles. The lowest BCUT2D eigenvalue weighted by molar-refractivity contribution is -0.224. The van der Waals surface area contributed by atoms with E-state index in [1.54, 1.807) is 18.2 Å². The molecule has 0 aliphatic heterocycles. The minimum atomic E-state index is -2.06. The molecule has 3 nitrogen and oxygen atoms in total. The first-order valence-electron chi connectivity index (χ1n) is 3.83. The summed E-state index contributed by atoms with van der Waals surface area (Å²) >= 11 is 0. The molecule has 3 N–H and O–H groups in total. The summed E-state index contributed by atoms with van der Waals surface area (Å²) in [7, 11) is 0. The fourth-order valence-corrected chi connectivity index (χ4v) is 1.59. The van der Waals surface area contributed by atoms with Gasteiger partial charge in [0.05, 0.1) is 0 Å². The summed E-state index contributed by atoms with van der Waals surface area (Å²) in [5.41, 5.74) is 1.22. The van der Waals surface area contributed by atoms with Crippen molar-refractivity contribution >= 4 is 0 Å². The molecule has 0 radical (unpaired) electrons. The van der Waals surface area contributed by atoms with Gasteiger partial charge in [-0.25, -0.2) is 0 Å². The van der Waals surface area contributed by atoms with Gasteiger partial charge in [-0.3, -0.25) is 0 Å². The Morgan fingerprint density at radius 3 is 2.58 bits per heavy atom. The average molecular weight is 166 g/mol. The Hall–Kier alpha value is -0.900. The number of hydrogen-bond donors (Lipinski definition) is 3. The van der Waals surface area contributed by atoms with Crippen LogP contribution in [-0.4, -0.2) is 21.4 Å². The number of aliphatic hydroxyl groups is 3. The number of hydrogen-bond acceptors (Lipinski definition) is 3. The summed E-state index contributed by atoms with van der Waals surface area (Å²) in [6, 6.07) is 6.93. The summed E-state index contributed by atoms with van der Waals surface area (Å²) in [5, 5.41) is 28.1. The van der Waals surface area contributed by atoms with Gasteiger partial charge in [0.25, 0.3) is 0 Å². The van der Waals surface area contributed by atoms with E-state index in [2.05, 4.69) is 0 Å². The molecule has 12 heavy (non-hydrogen) atoms. The van der Waals surface area contributed by atoms with Gasteiger partial charge in [-0.1, -0.05) is 24.3 Å². The molecular formula is C9H10O3. The van der Waals surface area contributed by atoms with E-state index in [1.807, 2.05) is 6.07 Å². The van der Waals surface area contributed by atoms with Crippen LogP contribution in [-0.2, 0) is 12.2 Å². The van der Waals surface area contributed by atoms with Crippen molar-refractivity contribution in [3.05, 3.63) is 35.4 Å². The summed E-state index contributed by atoms with van der Waals surface area (Å²) < 4.78 is 0. The van der Waals surface area contributed by atoms with Crippen molar-refractivity contribution in [1.29, 1.82) is 0 Å². The molecule has 1 aliphatic carbocycles. The molecule has 1 aliphatic rings. The highest BCUT2D eigenvalue weighted by Gasteiger charge is 2.42. The number of aliphatic hydroxyl groups excluding tert-OH is 1. The normalized spacial score (nSPS) is 25.4. The first kappa shape index (κ1) is 7.73. The molecule has 1 aromatic rings. The molecule has 0 amide bonds. The first-order chi connectivity index (χ1) is 5.62. The van der Waals surface area contributed by atoms with Gasteiger partial charge in [-0.2, -0.15) is 0 Å². The predicted molar refractivity (Wildman–Crippen MR) is 42.3 cm³/mol. The zero-order valence-electron chi connectivity index (χ0n) is 6.44. The third-order valence-corrected chi connectivity index (χ3v) is 2.29. The highest BCUT2D eigenvalue weighted by Crippen LogP contribution is 2.34. The Morgan fingerprint density at radius 1 is 1.25 bits per heavy atom. The summed E-state index contributed by atoms with van der Waals surface area (Å²) in [5.74, 6) is -2.06. The Bertz CT molecular complexity index is 306. The van der Waals surface area contributed by atoms with E-state index >= 15 is 0 Å². The van der Waals surface area contributed by atoms with Crippen LogP contribution in [0.3, 0.4) is 0 Å². The lowest BCUT2D eigenvalue weighted by Crippen LogP contribution is -2.35. The van der Waals surface area contributed by atoms with Crippen LogP contribution in [0.2, 0.25) is 0 Å². The van der Waals surface area contributed by atoms with E-state index in [0.29, 0.717) is 12.0 Å². The molecule has 0 spiro atoms. The fourth-order valence-electron chi connectivity index (χ4n) is 1.59. The summed E-state index contributed by atoms with van der Waals surface area (Å²) in [4.78, 5) is 0. The predicted octanol–water partition coefficient (Wildman–Crippen LogP) is -0.259. The van der Waals surface area contributed by atoms with Crippen molar-refractivity contribution in [1.82, 2.24) is 0 Å². The van der Waals surface area contributed by atoms with Gasteiger partial charge >= 0.3 is 0 Å². The Kier molecular flexibility index (Phi) is 1.48. The monoisotopic (exact) mass is 166 g/mol. The van der Waals surface area contributed by atoms with Crippen molar-refractivity contribution in [3.63, 3.8) is 0 Å². The molecule has 3 heteroatoms. The van der Waals surface area contributed by atoms with Gasteiger partial charge in [0.2, 0.25) is 5.79 Å². The van der Waals surface area contributed by atoms with Crippen molar-refractivity contribution in [3.8, 4) is 0 Å². The highest BCUT2D eigenvalue weighted by atomic mass is 16.5. The smallest absolute Gasteiger partial charge is 0.217 e. The standard InChI is InChI=1S/C9H10O3/c10-8-5-6-3-1-2-4-7(6)9(8,11)12/h1-4,8,10-12H,5H2. The molecular weight excluding hydrogens is 156 g/mol. The van der Waals surface area contributed by atoms with Gasteiger partial charge in [0.1, 0.15) is 6.10 Å². The molecule has 0 heterocycles. The van der Waals surface area contributed by atoms with Crippen LogP contribution in [0.1, 0.15) is 11.1 Å². The van der Waals surface area contributed by atoms with Gasteiger partial charge in [0, 0.05) is 12.0 Å². The third-order valence-electron chi connectivity index (χ3n) is 2.29. The lowest BCUT2D eigenvalue weighted by Gasteiger charge is -2.20. The minimum Gasteiger partial charge on any atom is -0.387 e. The lowest BCUT2D eigenvalue weighted by atomic mass is 10.1. The number of benzene rings is 1. The number of fused-ring (bicyclic) bond motifs is 1. The minimum absolute atomic E-state index is 0.309. The first-order valence-corrected chi connectivity index (χ1v) is 3.83. The Balaban J connectivity index is 2.55. The van der Waals surface area contributed by atoms with E-state index in [1.165, 1.54) is 0 Å². The van der Waals surface area contributed by atoms with Gasteiger partial charge in [-0.15, -0.1) is 0 Å². The molecule has 0 aromatic heterocycles. The SMILES string of the molecule is OC1Cc2ccccc2C1(O)O. The van der Waals surface area contributed by atoms with Gasteiger partial charge in [-0.05, 0) is 5.56 Å². The van der Waals surface area contributed by atoms with Gasteiger partial charge < -0.3 is 15.3 Å². The maximum Gasteiger partial charge on any atom is 0.217 e. The zero-order chi connectivity index (χ0) is 8.77. The van der Waals surface area contributed by atoms with E-state index in [0.717, 1.165) is 5.56 Å². The highest BCUT2D eigenvalue weighted by molar-refractivity contribution is 5.36. The van der Waals surface area contributed by atoms with E-state index < -0.39 is 11.9 Å². The van der Waals surface area contributed by atoms with Crippen molar-refractivity contribution < 1.29 is 15.3 Å². The Labute approximate surface area is 69.9 Å². The van der Waals surface area contributed by atoms with Crippen LogP contribution in [0.5, 0.6) is 0 Å². The second-order valence-corrected chi connectivity index (χ2v) is 3.10. The molecule has 0 saturated heterocycles. The van der Waals surface area contributed by atoms with E-state index in [9.17, 15) is 15.3 Å². The second-order valence-electron chi connectivity index (χ2n) is 3.10. The topological polar surface area (TPSA) is 60.7 Å².